The minimum Gasteiger partial charge on any atom is -0.497 e. The quantitative estimate of drug-likeness (QED) is 0.698. The van der Waals surface area contributed by atoms with Crippen molar-refractivity contribution >= 4 is 20.9 Å². The molecular formula is C20H22N2O3S. The number of rotatable bonds is 6. The topological polar surface area (TPSA) is 71.2 Å². The summed E-state index contributed by atoms with van der Waals surface area (Å²) in [4.78, 5) is 3.59. The zero-order chi connectivity index (χ0) is 18.4. The first-order valence-electron chi connectivity index (χ1n) is 8.65. The third kappa shape index (κ3) is 2.99. The molecule has 0 amide bonds. The van der Waals surface area contributed by atoms with Crippen LogP contribution in [0.5, 0.6) is 5.75 Å². The Hall–Kier alpha value is -2.31. The predicted octanol–water partition coefficient (Wildman–Crippen LogP) is 3.50. The fraction of sp³-hybridized carbons (Fsp3) is 0.300. The highest BCUT2D eigenvalue weighted by Gasteiger charge is 2.46. The van der Waals surface area contributed by atoms with Crippen molar-refractivity contribution in [3.8, 4) is 5.75 Å². The van der Waals surface area contributed by atoms with Crippen LogP contribution in [0.4, 0.5) is 0 Å². The fourth-order valence-electron chi connectivity index (χ4n) is 3.39. The summed E-state index contributed by atoms with van der Waals surface area (Å²) in [5, 5.41) is 1.09. The van der Waals surface area contributed by atoms with Crippen molar-refractivity contribution in [1.82, 2.24) is 9.71 Å². The normalized spacial score (nSPS) is 15.9. The SMILES string of the molecule is COc1ccc2[nH]cc(C3(CNS(=O)(=O)c4ccc(C)cc4)CC3)c2c1. The third-order valence-corrected chi connectivity index (χ3v) is 6.66. The van der Waals surface area contributed by atoms with Gasteiger partial charge in [-0.25, -0.2) is 13.1 Å². The molecule has 1 saturated carbocycles. The maximum atomic E-state index is 12.6. The van der Waals surface area contributed by atoms with Crippen LogP contribution in [-0.2, 0) is 15.4 Å². The van der Waals surface area contributed by atoms with Gasteiger partial charge in [0, 0.05) is 29.1 Å². The largest absolute Gasteiger partial charge is 0.497 e. The van der Waals surface area contributed by atoms with Crippen LogP contribution in [0.15, 0.2) is 53.6 Å². The number of benzene rings is 2. The molecule has 1 aliphatic rings. The van der Waals surface area contributed by atoms with E-state index in [1.165, 1.54) is 0 Å². The molecule has 0 spiro atoms. The highest BCUT2D eigenvalue weighted by Crippen LogP contribution is 2.50. The van der Waals surface area contributed by atoms with Gasteiger partial charge in [0.2, 0.25) is 10.0 Å². The summed E-state index contributed by atoms with van der Waals surface area (Å²) in [6.07, 6.45) is 3.93. The Bertz CT molecular complexity index is 1050. The second kappa shape index (κ2) is 6.14. The molecule has 1 heterocycles. The zero-order valence-electron chi connectivity index (χ0n) is 14.9. The van der Waals surface area contributed by atoms with E-state index in [2.05, 4.69) is 9.71 Å². The van der Waals surface area contributed by atoms with Crippen molar-refractivity contribution in [2.45, 2.75) is 30.1 Å². The lowest BCUT2D eigenvalue weighted by molar-refractivity contribution is 0.415. The molecule has 136 valence electrons. The van der Waals surface area contributed by atoms with E-state index in [4.69, 9.17) is 4.74 Å². The Morgan fingerprint density at radius 1 is 1.15 bits per heavy atom. The van der Waals surface area contributed by atoms with Crippen molar-refractivity contribution in [3.05, 3.63) is 59.8 Å². The van der Waals surface area contributed by atoms with Gasteiger partial charge < -0.3 is 9.72 Å². The summed E-state index contributed by atoms with van der Waals surface area (Å²) in [6.45, 7) is 2.33. The van der Waals surface area contributed by atoms with Gasteiger partial charge in [0.05, 0.1) is 12.0 Å². The van der Waals surface area contributed by atoms with E-state index in [1.807, 2.05) is 43.5 Å². The first-order chi connectivity index (χ1) is 12.4. The number of aromatic amines is 1. The fourth-order valence-corrected chi connectivity index (χ4v) is 4.52. The first kappa shape index (κ1) is 17.1. The molecule has 1 aromatic heterocycles. The number of sulfonamides is 1. The average Bonchev–Trinajstić information content (AvgIpc) is 3.31. The van der Waals surface area contributed by atoms with E-state index < -0.39 is 10.0 Å². The minimum atomic E-state index is -3.51. The van der Waals surface area contributed by atoms with Gasteiger partial charge >= 0.3 is 0 Å². The van der Waals surface area contributed by atoms with Gasteiger partial charge in [0.25, 0.3) is 0 Å². The van der Waals surface area contributed by atoms with Crippen LogP contribution >= 0.6 is 0 Å². The van der Waals surface area contributed by atoms with Gasteiger partial charge in [0.1, 0.15) is 5.75 Å². The first-order valence-corrected chi connectivity index (χ1v) is 10.1. The van der Waals surface area contributed by atoms with E-state index in [1.54, 1.807) is 19.2 Å². The summed E-state index contributed by atoms with van der Waals surface area (Å²) < 4.78 is 33.4. The number of hydrogen-bond acceptors (Lipinski definition) is 3. The number of nitrogens with one attached hydrogen (secondary N) is 2. The maximum absolute atomic E-state index is 12.6. The molecule has 0 atom stereocenters. The molecule has 4 rings (SSSR count). The highest BCUT2D eigenvalue weighted by atomic mass is 32.2. The maximum Gasteiger partial charge on any atom is 0.240 e. The van der Waals surface area contributed by atoms with E-state index >= 15 is 0 Å². The standard InChI is InChI=1S/C20H22N2O3S/c1-14-3-6-16(7-4-14)26(23,24)22-13-20(9-10-20)18-12-21-19-8-5-15(25-2)11-17(18)19/h3-8,11-12,21-22H,9-10,13H2,1-2H3. The summed E-state index contributed by atoms with van der Waals surface area (Å²) in [7, 11) is -1.86. The molecule has 0 bridgehead atoms. The molecule has 6 heteroatoms. The van der Waals surface area contributed by atoms with Crippen LogP contribution in [0.1, 0.15) is 24.0 Å². The van der Waals surface area contributed by atoms with E-state index in [9.17, 15) is 8.42 Å². The zero-order valence-corrected chi connectivity index (χ0v) is 15.7. The van der Waals surface area contributed by atoms with E-state index in [-0.39, 0.29) is 5.41 Å². The van der Waals surface area contributed by atoms with E-state index in [0.717, 1.165) is 40.6 Å². The Kier molecular flexibility index (Phi) is 4.04. The molecule has 1 aliphatic carbocycles. The van der Waals surface area contributed by atoms with Crippen molar-refractivity contribution in [2.24, 2.45) is 0 Å². The van der Waals surface area contributed by atoms with Crippen molar-refractivity contribution < 1.29 is 13.2 Å². The Labute approximate surface area is 153 Å². The lowest BCUT2D eigenvalue weighted by atomic mass is 9.95. The lowest BCUT2D eigenvalue weighted by Gasteiger charge is -2.16. The molecule has 0 radical (unpaired) electrons. The summed E-state index contributed by atoms with van der Waals surface area (Å²) in [5.41, 5.74) is 3.07. The Morgan fingerprint density at radius 3 is 2.54 bits per heavy atom. The number of methoxy groups -OCH3 is 1. The minimum absolute atomic E-state index is 0.150. The van der Waals surface area contributed by atoms with Gasteiger partial charge in [-0.05, 0) is 55.7 Å². The van der Waals surface area contributed by atoms with Crippen LogP contribution in [0.25, 0.3) is 10.9 Å². The number of H-pyrrole nitrogens is 1. The molecule has 1 fully saturated rings. The molecule has 2 aromatic carbocycles. The summed E-state index contributed by atoms with van der Waals surface area (Å²) in [6, 6.07) is 12.8. The van der Waals surface area contributed by atoms with Gasteiger partial charge in [-0.1, -0.05) is 17.7 Å². The van der Waals surface area contributed by atoms with Crippen LogP contribution in [0.3, 0.4) is 0 Å². The molecule has 2 N–H and O–H groups in total. The molecule has 0 unspecified atom stereocenters. The molecule has 26 heavy (non-hydrogen) atoms. The van der Waals surface area contributed by atoms with Crippen LogP contribution in [-0.4, -0.2) is 27.1 Å². The second-order valence-corrected chi connectivity index (χ2v) is 8.80. The Balaban J connectivity index is 1.60. The van der Waals surface area contributed by atoms with Gasteiger partial charge in [-0.15, -0.1) is 0 Å². The number of fused-ring (bicyclic) bond motifs is 1. The van der Waals surface area contributed by atoms with Crippen LogP contribution < -0.4 is 9.46 Å². The van der Waals surface area contributed by atoms with Crippen molar-refractivity contribution in [3.63, 3.8) is 0 Å². The highest BCUT2D eigenvalue weighted by molar-refractivity contribution is 7.89. The number of aryl methyl sites for hydroxylation is 1. The monoisotopic (exact) mass is 370 g/mol. The van der Waals surface area contributed by atoms with Gasteiger partial charge in [-0.3, -0.25) is 0 Å². The summed E-state index contributed by atoms with van der Waals surface area (Å²) in [5.74, 6) is 0.800. The van der Waals surface area contributed by atoms with Crippen molar-refractivity contribution in [1.29, 1.82) is 0 Å². The molecule has 5 nitrogen and oxygen atoms in total. The average molecular weight is 370 g/mol. The smallest absolute Gasteiger partial charge is 0.240 e. The summed E-state index contributed by atoms with van der Waals surface area (Å²) >= 11 is 0. The molecule has 3 aromatic rings. The number of ether oxygens (including phenoxy) is 1. The number of hydrogen-bond donors (Lipinski definition) is 2. The Morgan fingerprint density at radius 2 is 1.88 bits per heavy atom. The molecular weight excluding hydrogens is 348 g/mol. The van der Waals surface area contributed by atoms with Crippen molar-refractivity contribution in [2.75, 3.05) is 13.7 Å². The predicted molar refractivity (Wildman–Crippen MR) is 102 cm³/mol. The van der Waals surface area contributed by atoms with Gasteiger partial charge in [0.15, 0.2) is 0 Å². The second-order valence-electron chi connectivity index (χ2n) is 7.03. The third-order valence-electron chi connectivity index (χ3n) is 5.25. The number of aromatic nitrogens is 1. The van der Waals surface area contributed by atoms with Crippen LogP contribution in [0.2, 0.25) is 0 Å². The van der Waals surface area contributed by atoms with Crippen LogP contribution in [0, 0.1) is 6.92 Å². The molecule has 0 saturated heterocycles. The van der Waals surface area contributed by atoms with E-state index in [0.29, 0.717) is 11.4 Å². The molecule has 0 aliphatic heterocycles. The lowest BCUT2D eigenvalue weighted by Crippen LogP contribution is -2.32. The van der Waals surface area contributed by atoms with Gasteiger partial charge in [-0.2, -0.15) is 0 Å².